The summed E-state index contributed by atoms with van der Waals surface area (Å²) in [6.07, 6.45) is 4.83. The van der Waals surface area contributed by atoms with Crippen LogP contribution in [-0.4, -0.2) is 27.8 Å². The number of hydrogen-bond acceptors (Lipinski definition) is 7. The average molecular weight is 568 g/mol. The first-order valence-electron chi connectivity index (χ1n) is 12.7. The zero-order chi connectivity index (χ0) is 28.8. The van der Waals surface area contributed by atoms with E-state index in [1.807, 2.05) is 19.1 Å². The molecule has 9 nitrogen and oxygen atoms in total. The van der Waals surface area contributed by atoms with Crippen LogP contribution in [0.15, 0.2) is 102 Å². The first-order valence-corrected chi connectivity index (χ1v) is 13.0. The molecule has 0 unspecified atom stereocenters. The van der Waals surface area contributed by atoms with E-state index in [4.69, 9.17) is 21.1 Å². The molecule has 2 heterocycles. The van der Waals surface area contributed by atoms with Gasteiger partial charge in [0.25, 0.3) is 11.5 Å². The summed E-state index contributed by atoms with van der Waals surface area (Å²) in [7, 11) is 1.57. The minimum absolute atomic E-state index is 0.135. The van der Waals surface area contributed by atoms with E-state index in [9.17, 15) is 9.59 Å². The molecule has 2 aromatic heterocycles. The van der Waals surface area contributed by atoms with E-state index in [0.717, 1.165) is 11.1 Å². The number of halogens is 1. The second kappa shape index (κ2) is 12.4. The number of carbonyl (C=O) groups is 1. The molecule has 0 aliphatic carbocycles. The molecule has 0 atom stereocenters. The fourth-order valence-corrected chi connectivity index (χ4v) is 4.13. The highest BCUT2D eigenvalue weighted by Crippen LogP contribution is 2.31. The van der Waals surface area contributed by atoms with Crippen molar-refractivity contribution in [2.45, 2.75) is 13.5 Å². The SMILES string of the molecule is COc1ccc(-n2ncc(Oc3ccc(Cl)c(C)c3)c(Nc3cccc(C(=O)NCc4cccnc4)c3)c2=O)cc1. The molecule has 41 heavy (non-hydrogen) atoms. The van der Waals surface area contributed by atoms with Crippen molar-refractivity contribution >= 4 is 28.9 Å². The summed E-state index contributed by atoms with van der Waals surface area (Å²) in [5.41, 5.74) is 2.85. The molecular formula is C31H26ClN5O4. The van der Waals surface area contributed by atoms with Gasteiger partial charge in [0.05, 0.1) is 19.0 Å². The molecule has 0 fully saturated rings. The number of aromatic nitrogens is 3. The fraction of sp³-hybridized carbons (Fsp3) is 0.0968. The predicted molar refractivity (Wildman–Crippen MR) is 158 cm³/mol. The standard InChI is InChI=1S/C31H26ClN5O4/c1-20-15-26(12-13-27(20)32)41-28-19-35-37(24-8-10-25(40-2)11-9-24)31(39)29(28)36-23-7-3-6-22(16-23)30(38)34-18-21-5-4-14-33-17-21/h3-17,19,36H,18H2,1-2H3,(H,34,38). The van der Waals surface area contributed by atoms with Crippen LogP contribution in [0.2, 0.25) is 5.02 Å². The molecule has 1 amide bonds. The van der Waals surface area contributed by atoms with Crippen LogP contribution in [-0.2, 0) is 6.54 Å². The molecule has 0 aliphatic heterocycles. The number of benzene rings is 3. The van der Waals surface area contributed by atoms with Gasteiger partial charge in [0, 0.05) is 35.2 Å². The molecule has 0 saturated carbocycles. The van der Waals surface area contributed by atoms with E-state index in [-0.39, 0.29) is 17.3 Å². The van der Waals surface area contributed by atoms with Gasteiger partial charge in [-0.05, 0) is 84.8 Å². The van der Waals surface area contributed by atoms with Gasteiger partial charge in [0.15, 0.2) is 11.4 Å². The summed E-state index contributed by atoms with van der Waals surface area (Å²) in [4.78, 5) is 30.7. The maximum Gasteiger partial charge on any atom is 0.299 e. The van der Waals surface area contributed by atoms with E-state index in [0.29, 0.717) is 40.0 Å². The zero-order valence-electron chi connectivity index (χ0n) is 22.3. The number of ether oxygens (including phenoxy) is 2. The quantitative estimate of drug-likeness (QED) is 0.223. The first-order chi connectivity index (χ1) is 19.9. The number of anilines is 2. The lowest BCUT2D eigenvalue weighted by Gasteiger charge is -2.15. The molecule has 5 rings (SSSR count). The summed E-state index contributed by atoms with van der Waals surface area (Å²) in [5, 5.41) is 11.0. The van der Waals surface area contributed by atoms with Gasteiger partial charge < -0.3 is 20.1 Å². The Hall–Kier alpha value is -5.15. The van der Waals surface area contributed by atoms with E-state index in [1.165, 1.54) is 10.9 Å². The van der Waals surface area contributed by atoms with Crippen molar-refractivity contribution in [1.82, 2.24) is 20.1 Å². The van der Waals surface area contributed by atoms with Gasteiger partial charge in [-0.15, -0.1) is 0 Å². The van der Waals surface area contributed by atoms with Crippen molar-refractivity contribution in [3.63, 3.8) is 0 Å². The van der Waals surface area contributed by atoms with Crippen molar-refractivity contribution < 1.29 is 14.3 Å². The van der Waals surface area contributed by atoms with Crippen LogP contribution >= 0.6 is 11.6 Å². The van der Waals surface area contributed by atoms with Crippen LogP contribution in [0.3, 0.4) is 0 Å². The number of pyridine rings is 1. The fourth-order valence-electron chi connectivity index (χ4n) is 4.02. The van der Waals surface area contributed by atoms with Crippen LogP contribution in [0.4, 0.5) is 11.4 Å². The third-order valence-corrected chi connectivity index (χ3v) is 6.61. The molecular weight excluding hydrogens is 542 g/mol. The summed E-state index contributed by atoms with van der Waals surface area (Å²) >= 11 is 6.18. The van der Waals surface area contributed by atoms with Crippen LogP contribution in [0.1, 0.15) is 21.5 Å². The highest BCUT2D eigenvalue weighted by molar-refractivity contribution is 6.31. The molecule has 5 aromatic rings. The van der Waals surface area contributed by atoms with Gasteiger partial charge in [-0.3, -0.25) is 14.6 Å². The summed E-state index contributed by atoms with van der Waals surface area (Å²) in [6.45, 7) is 2.19. The number of amides is 1. The number of nitrogens with zero attached hydrogens (tertiary/aromatic N) is 3. The number of nitrogens with one attached hydrogen (secondary N) is 2. The first kappa shape index (κ1) is 27.4. The molecule has 2 N–H and O–H groups in total. The van der Waals surface area contributed by atoms with Crippen molar-refractivity contribution in [3.05, 3.63) is 130 Å². The molecule has 0 radical (unpaired) electrons. The van der Waals surface area contributed by atoms with Gasteiger partial charge in [0.1, 0.15) is 11.5 Å². The predicted octanol–water partition coefficient (Wildman–Crippen LogP) is 6.06. The van der Waals surface area contributed by atoms with Gasteiger partial charge in [-0.2, -0.15) is 9.78 Å². The second-order valence-electron chi connectivity index (χ2n) is 9.06. The van der Waals surface area contributed by atoms with Crippen LogP contribution in [0.25, 0.3) is 5.69 Å². The number of carbonyl (C=O) groups excluding carboxylic acids is 1. The average Bonchev–Trinajstić information content (AvgIpc) is 3.00. The Morgan fingerprint density at radius 3 is 2.51 bits per heavy atom. The largest absolute Gasteiger partial charge is 0.497 e. The highest BCUT2D eigenvalue weighted by atomic mass is 35.5. The number of hydrogen-bond donors (Lipinski definition) is 2. The Balaban J connectivity index is 1.47. The van der Waals surface area contributed by atoms with Crippen molar-refractivity contribution in [1.29, 1.82) is 0 Å². The second-order valence-corrected chi connectivity index (χ2v) is 9.47. The molecule has 0 saturated heterocycles. The topological polar surface area (TPSA) is 107 Å². The minimum Gasteiger partial charge on any atom is -0.497 e. The van der Waals surface area contributed by atoms with E-state index >= 15 is 0 Å². The van der Waals surface area contributed by atoms with Gasteiger partial charge in [0.2, 0.25) is 0 Å². The smallest absolute Gasteiger partial charge is 0.299 e. The van der Waals surface area contributed by atoms with Crippen molar-refractivity contribution in [2.24, 2.45) is 0 Å². The normalized spacial score (nSPS) is 10.6. The lowest BCUT2D eigenvalue weighted by molar-refractivity contribution is 0.0951. The lowest BCUT2D eigenvalue weighted by atomic mass is 10.1. The monoisotopic (exact) mass is 567 g/mol. The summed E-state index contributed by atoms with van der Waals surface area (Å²) in [5.74, 6) is 1.07. The van der Waals surface area contributed by atoms with Gasteiger partial charge >= 0.3 is 0 Å². The van der Waals surface area contributed by atoms with Crippen LogP contribution < -0.4 is 25.7 Å². The lowest BCUT2D eigenvalue weighted by Crippen LogP contribution is -2.24. The van der Waals surface area contributed by atoms with Crippen molar-refractivity contribution in [2.75, 3.05) is 12.4 Å². The zero-order valence-corrected chi connectivity index (χ0v) is 23.1. The summed E-state index contributed by atoms with van der Waals surface area (Å²) in [6, 6.07) is 22.7. The minimum atomic E-state index is -0.454. The Morgan fingerprint density at radius 2 is 1.78 bits per heavy atom. The third-order valence-electron chi connectivity index (χ3n) is 6.19. The van der Waals surface area contributed by atoms with E-state index in [2.05, 4.69) is 20.7 Å². The summed E-state index contributed by atoms with van der Waals surface area (Å²) < 4.78 is 12.6. The van der Waals surface area contributed by atoms with Crippen LogP contribution in [0.5, 0.6) is 17.2 Å². The Kier molecular flexibility index (Phi) is 8.26. The van der Waals surface area contributed by atoms with E-state index < -0.39 is 5.56 Å². The number of methoxy groups -OCH3 is 1. The van der Waals surface area contributed by atoms with Crippen LogP contribution in [0, 0.1) is 6.92 Å². The van der Waals surface area contributed by atoms with Gasteiger partial charge in [-0.1, -0.05) is 23.7 Å². The maximum absolute atomic E-state index is 13.8. The molecule has 206 valence electrons. The van der Waals surface area contributed by atoms with Gasteiger partial charge in [-0.25, -0.2) is 0 Å². The molecule has 0 aliphatic rings. The number of rotatable bonds is 9. The Bertz CT molecular complexity index is 1740. The highest BCUT2D eigenvalue weighted by Gasteiger charge is 2.17. The Labute approximate surface area is 241 Å². The Morgan fingerprint density at radius 1 is 0.976 bits per heavy atom. The molecule has 0 bridgehead atoms. The number of aryl methyl sites for hydroxylation is 1. The molecule has 10 heteroatoms. The maximum atomic E-state index is 13.8. The van der Waals surface area contributed by atoms with E-state index in [1.54, 1.807) is 86.2 Å². The third kappa shape index (κ3) is 6.54. The molecule has 0 spiro atoms. The molecule has 3 aromatic carbocycles. The van der Waals surface area contributed by atoms with Crippen molar-refractivity contribution in [3.8, 4) is 22.9 Å².